The molecule has 1 aromatic carbocycles. The van der Waals surface area contributed by atoms with Gasteiger partial charge in [0.2, 0.25) is 6.10 Å². The highest BCUT2D eigenvalue weighted by Gasteiger charge is 2.37. The van der Waals surface area contributed by atoms with Crippen LogP contribution in [0.5, 0.6) is 11.5 Å². The van der Waals surface area contributed by atoms with E-state index in [2.05, 4.69) is 23.7 Å². The molecule has 1 amide bonds. The van der Waals surface area contributed by atoms with E-state index in [4.69, 9.17) is 14.5 Å². The molecule has 7 nitrogen and oxygen atoms in total. The Labute approximate surface area is 171 Å². The lowest BCUT2D eigenvalue weighted by Gasteiger charge is -2.39. The first-order valence-electron chi connectivity index (χ1n) is 10.2. The number of ether oxygens (including phenoxy) is 2. The van der Waals surface area contributed by atoms with Gasteiger partial charge in [-0.15, -0.1) is 0 Å². The number of fused-ring (bicyclic) bond motifs is 1. The van der Waals surface area contributed by atoms with Crippen LogP contribution in [0.3, 0.4) is 0 Å². The van der Waals surface area contributed by atoms with E-state index in [9.17, 15) is 4.79 Å². The second kappa shape index (κ2) is 7.89. The fourth-order valence-electron chi connectivity index (χ4n) is 3.72. The van der Waals surface area contributed by atoms with Crippen LogP contribution in [-0.2, 0) is 4.79 Å². The fraction of sp³-hybridized carbons (Fsp3) is 0.500. The minimum absolute atomic E-state index is 0.0200. The zero-order valence-corrected chi connectivity index (χ0v) is 17.5. The molecule has 0 N–H and O–H groups in total. The third-order valence-electron chi connectivity index (χ3n) is 5.38. The van der Waals surface area contributed by atoms with E-state index in [0.717, 1.165) is 30.4 Å². The van der Waals surface area contributed by atoms with E-state index in [1.165, 1.54) is 0 Å². The summed E-state index contributed by atoms with van der Waals surface area (Å²) in [5, 5.41) is 0. The molecule has 29 heavy (non-hydrogen) atoms. The lowest BCUT2D eigenvalue weighted by atomic mass is 10.1. The van der Waals surface area contributed by atoms with Crippen LogP contribution in [0, 0.1) is 6.92 Å². The van der Waals surface area contributed by atoms with Crippen molar-refractivity contribution in [3.05, 3.63) is 41.9 Å². The van der Waals surface area contributed by atoms with Crippen LogP contribution in [0.2, 0.25) is 0 Å². The summed E-state index contributed by atoms with van der Waals surface area (Å²) in [7, 11) is 0. The molecule has 1 saturated heterocycles. The van der Waals surface area contributed by atoms with Gasteiger partial charge in [-0.2, -0.15) is 0 Å². The summed E-state index contributed by atoms with van der Waals surface area (Å²) in [5.41, 5.74) is 0.970. The summed E-state index contributed by atoms with van der Waals surface area (Å²) in [5.74, 6) is 3.37. The molecule has 154 valence electrons. The van der Waals surface area contributed by atoms with Gasteiger partial charge in [0.05, 0.1) is 0 Å². The van der Waals surface area contributed by atoms with Gasteiger partial charge in [0.15, 0.2) is 11.5 Å². The van der Waals surface area contributed by atoms with Crippen molar-refractivity contribution >= 4 is 11.7 Å². The quantitative estimate of drug-likeness (QED) is 0.795. The number of piperazine rings is 1. The van der Waals surface area contributed by atoms with Crippen molar-refractivity contribution in [1.29, 1.82) is 0 Å². The Bertz CT molecular complexity index is 893. The van der Waals surface area contributed by atoms with Crippen LogP contribution >= 0.6 is 0 Å². The van der Waals surface area contributed by atoms with Crippen LogP contribution in [0.15, 0.2) is 30.3 Å². The number of carbonyl (C=O) groups excluding carboxylic acids is 1. The molecule has 0 aliphatic carbocycles. The van der Waals surface area contributed by atoms with E-state index in [1.807, 2.05) is 49.1 Å². The first kappa shape index (κ1) is 19.5. The molecule has 0 bridgehead atoms. The maximum Gasteiger partial charge on any atom is 0.267 e. The van der Waals surface area contributed by atoms with E-state index < -0.39 is 6.10 Å². The number of hydrogen-bond acceptors (Lipinski definition) is 6. The smallest absolute Gasteiger partial charge is 0.267 e. The first-order chi connectivity index (χ1) is 13.9. The molecule has 2 aliphatic heterocycles. The third kappa shape index (κ3) is 3.99. The van der Waals surface area contributed by atoms with Crippen molar-refractivity contribution in [2.45, 2.75) is 45.8 Å². The summed E-state index contributed by atoms with van der Waals surface area (Å²) in [4.78, 5) is 26.4. The van der Waals surface area contributed by atoms with Gasteiger partial charge in [0.1, 0.15) is 17.7 Å². The number of nitrogens with zero attached hydrogens (tertiary/aromatic N) is 4. The fourth-order valence-corrected chi connectivity index (χ4v) is 3.72. The van der Waals surface area contributed by atoms with Crippen molar-refractivity contribution in [2.75, 3.05) is 31.1 Å². The SMILES string of the molecule is Cc1cc(N2CCN(C(=O)C3Oc4ccccc4OC3C)CC2)nc(C(C)C)n1. The normalized spacial score (nSPS) is 21.4. The van der Waals surface area contributed by atoms with Gasteiger partial charge in [-0.05, 0) is 26.0 Å². The molecule has 7 heteroatoms. The van der Waals surface area contributed by atoms with Crippen LogP contribution in [0.25, 0.3) is 0 Å². The number of para-hydroxylation sites is 2. The van der Waals surface area contributed by atoms with E-state index in [0.29, 0.717) is 24.6 Å². The van der Waals surface area contributed by atoms with Gasteiger partial charge in [-0.25, -0.2) is 9.97 Å². The maximum absolute atomic E-state index is 13.1. The highest BCUT2D eigenvalue weighted by atomic mass is 16.6. The van der Waals surface area contributed by atoms with Crippen molar-refractivity contribution < 1.29 is 14.3 Å². The second-order valence-electron chi connectivity index (χ2n) is 8.00. The van der Waals surface area contributed by atoms with Crippen LogP contribution in [0.4, 0.5) is 5.82 Å². The lowest BCUT2D eigenvalue weighted by molar-refractivity contribution is -0.144. The highest BCUT2D eigenvalue weighted by Crippen LogP contribution is 2.34. The molecule has 4 rings (SSSR count). The summed E-state index contributed by atoms with van der Waals surface area (Å²) in [6.45, 7) is 10.8. The van der Waals surface area contributed by atoms with Gasteiger partial charge in [0.25, 0.3) is 5.91 Å². The average molecular weight is 396 g/mol. The van der Waals surface area contributed by atoms with Gasteiger partial charge >= 0.3 is 0 Å². The van der Waals surface area contributed by atoms with Gasteiger partial charge in [-0.1, -0.05) is 26.0 Å². The van der Waals surface area contributed by atoms with Gasteiger partial charge in [0, 0.05) is 43.9 Å². The lowest BCUT2D eigenvalue weighted by Crippen LogP contribution is -2.56. The molecule has 2 unspecified atom stereocenters. The molecule has 1 aromatic heterocycles. The Kier molecular flexibility index (Phi) is 5.30. The minimum Gasteiger partial charge on any atom is -0.482 e. The molecule has 1 fully saturated rings. The van der Waals surface area contributed by atoms with Crippen LogP contribution < -0.4 is 14.4 Å². The molecule has 2 aromatic rings. The predicted octanol–water partition coefficient (Wildman–Crippen LogP) is 2.79. The zero-order valence-electron chi connectivity index (χ0n) is 17.5. The molecule has 3 heterocycles. The largest absolute Gasteiger partial charge is 0.482 e. The average Bonchev–Trinajstić information content (AvgIpc) is 2.72. The van der Waals surface area contributed by atoms with Crippen molar-refractivity contribution in [3.8, 4) is 11.5 Å². The Balaban J connectivity index is 1.42. The monoisotopic (exact) mass is 396 g/mol. The zero-order chi connectivity index (χ0) is 20.5. The van der Waals surface area contributed by atoms with E-state index in [1.54, 1.807) is 0 Å². The molecule has 0 radical (unpaired) electrons. The van der Waals surface area contributed by atoms with Crippen LogP contribution in [-0.4, -0.2) is 59.2 Å². The minimum atomic E-state index is -0.620. The molecule has 2 aliphatic rings. The molecule has 2 atom stereocenters. The van der Waals surface area contributed by atoms with Crippen molar-refractivity contribution in [3.63, 3.8) is 0 Å². The highest BCUT2D eigenvalue weighted by molar-refractivity contribution is 5.82. The van der Waals surface area contributed by atoms with Crippen molar-refractivity contribution in [1.82, 2.24) is 14.9 Å². The van der Waals surface area contributed by atoms with Crippen molar-refractivity contribution in [2.24, 2.45) is 0 Å². The van der Waals surface area contributed by atoms with Gasteiger partial charge in [-0.3, -0.25) is 4.79 Å². The number of hydrogen-bond donors (Lipinski definition) is 0. The number of aryl methyl sites for hydroxylation is 1. The Morgan fingerprint density at radius 1 is 1.07 bits per heavy atom. The number of aromatic nitrogens is 2. The number of anilines is 1. The van der Waals surface area contributed by atoms with E-state index in [-0.39, 0.29) is 17.9 Å². The molecule has 0 saturated carbocycles. The Hall–Kier alpha value is -2.83. The number of benzene rings is 1. The standard InChI is InChI=1S/C22H28N4O3/c1-14(2)21-23-15(3)13-19(24-21)25-9-11-26(12-10-25)22(27)20-16(4)28-17-7-5-6-8-18(17)29-20/h5-8,13-14,16,20H,9-12H2,1-4H3. The summed E-state index contributed by atoms with van der Waals surface area (Å²) in [6, 6.07) is 9.49. The Morgan fingerprint density at radius 3 is 2.38 bits per heavy atom. The number of amides is 1. The maximum atomic E-state index is 13.1. The van der Waals surface area contributed by atoms with Gasteiger partial charge < -0.3 is 19.3 Å². The molecule has 0 spiro atoms. The second-order valence-corrected chi connectivity index (χ2v) is 8.00. The summed E-state index contributed by atoms with van der Waals surface area (Å²) in [6.07, 6.45) is -0.946. The first-order valence-corrected chi connectivity index (χ1v) is 10.2. The van der Waals surface area contributed by atoms with E-state index >= 15 is 0 Å². The third-order valence-corrected chi connectivity index (χ3v) is 5.38. The Morgan fingerprint density at radius 2 is 1.72 bits per heavy atom. The topological polar surface area (TPSA) is 67.8 Å². The number of rotatable bonds is 3. The van der Waals surface area contributed by atoms with Crippen LogP contribution in [0.1, 0.15) is 38.2 Å². The summed E-state index contributed by atoms with van der Waals surface area (Å²) >= 11 is 0. The summed E-state index contributed by atoms with van der Waals surface area (Å²) < 4.78 is 11.9. The molecular weight excluding hydrogens is 368 g/mol. The number of carbonyl (C=O) groups is 1. The predicted molar refractivity (Wildman–Crippen MR) is 111 cm³/mol. The molecular formula is C22H28N4O3.